The third-order valence-corrected chi connectivity index (χ3v) is 4.87. The average Bonchev–Trinajstić information content (AvgIpc) is 2.78. The number of hydrogen-bond donors (Lipinski definition) is 5. The summed E-state index contributed by atoms with van der Waals surface area (Å²) in [6, 6.07) is 9.36. The molecule has 1 aliphatic heterocycles. The Balaban J connectivity index is 1.74. The zero-order chi connectivity index (χ0) is 22.7. The summed E-state index contributed by atoms with van der Waals surface area (Å²) >= 11 is 0. The first-order valence-electron chi connectivity index (χ1n) is 9.30. The van der Waals surface area contributed by atoms with Gasteiger partial charge in [0.2, 0.25) is 17.9 Å². The van der Waals surface area contributed by atoms with Crippen molar-refractivity contribution in [2.24, 2.45) is 0 Å². The summed E-state index contributed by atoms with van der Waals surface area (Å²) in [5.41, 5.74) is -0.145. The summed E-state index contributed by atoms with van der Waals surface area (Å²) in [7, 11) is 1.47. The van der Waals surface area contributed by atoms with Gasteiger partial charge in [-0.2, -0.15) is 0 Å². The third kappa shape index (κ3) is 4.68. The number of ether oxygens (including phenoxy) is 3. The molecular formula is C21H22O10. The van der Waals surface area contributed by atoms with E-state index in [4.69, 9.17) is 14.2 Å². The van der Waals surface area contributed by atoms with Gasteiger partial charge in [-0.3, -0.25) is 9.59 Å². The maximum atomic E-state index is 12.5. The molecule has 0 spiro atoms. The van der Waals surface area contributed by atoms with E-state index in [1.165, 1.54) is 43.5 Å². The van der Waals surface area contributed by atoms with Crippen LogP contribution in [-0.4, -0.2) is 81.5 Å². The Morgan fingerprint density at radius 2 is 1.58 bits per heavy atom. The Kier molecular flexibility index (Phi) is 6.88. The van der Waals surface area contributed by atoms with E-state index in [0.29, 0.717) is 5.75 Å². The Hall–Kier alpha value is -3.02. The molecule has 0 bridgehead atoms. The number of carbonyl (C=O) groups excluding carboxylic acids is 2. The van der Waals surface area contributed by atoms with Crippen LogP contribution in [0.2, 0.25) is 0 Å². The molecule has 2 aromatic rings. The highest BCUT2D eigenvalue weighted by Gasteiger charge is 2.44. The zero-order valence-corrected chi connectivity index (χ0v) is 16.4. The molecule has 0 aliphatic carbocycles. The van der Waals surface area contributed by atoms with E-state index >= 15 is 0 Å². The number of hydrogen-bond acceptors (Lipinski definition) is 10. The monoisotopic (exact) mass is 434 g/mol. The van der Waals surface area contributed by atoms with Crippen LogP contribution in [0.25, 0.3) is 0 Å². The van der Waals surface area contributed by atoms with E-state index in [1.807, 2.05) is 0 Å². The number of methoxy groups -OCH3 is 1. The highest BCUT2D eigenvalue weighted by atomic mass is 16.7. The number of ketones is 2. The fraction of sp³-hybridized carbons (Fsp3) is 0.333. The van der Waals surface area contributed by atoms with Crippen molar-refractivity contribution in [3.63, 3.8) is 0 Å². The van der Waals surface area contributed by atoms with Gasteiger partial charge in [0.15, 0.2) is 0 Å². The first kappa shape index (κ1) is 22.7. The summed E-state index contributed by atoms with van der Waals surface area (Å²) in [6.07, 6.45) is -7.44. The maximum absolute atomic E-state index is 12.5. The van der Waals surface area contributed by atoms with Crippen LogP contribution < -0.4 is 9.47 Å². The molecule has 0 amide bonds. The van der Waals surface area contributed by atoms with E-state index in [0.717, 1.165) is 6.07 Å². The van der Waals surface area contributed by atoms with E-state index in [9.17, 15) is 35.1 Å². The number of aliphatic hydroxyl groups excluding tert-OH is 4. The van der Waals surface area contributed by atoms with Gasteiger partial charge in [0.05, 0.1) is 19.3 Å². The lowest BCUT2D eigenvalue weighted by atomic mass is 9.99. The van der Waals surface area contributed by atoms with E-state index in [-0.39, 0.29) is 16.9 Å². The minimum absolute atomic E-state index is 0.0460. The summed E-state index contributed by atoms with van der Waals surface area (Å²) in [4.78, 5) is 24.9. The number of phenolic OH excluding ortho intramolecular Hbond substituents is 1. The number of rotatable bonds is 7. The van der Waals surface area contributed by atoms with E-state index in [1.54, 1.807) is 0 Å². The molecular weight excluding hydrogens is 412 g/mol. The van der Waals surface area contributed by atoms with Crippen molar-refractivity contribution in [1.29, 1.82) is 0 Å². The Morgan fingerprint density at radius 1 is 0.935 bits per heavy atom. The number of aromatic hydroxyl groups is 1. The highest BCUT2D eigenvalue weighted by Crippen LogP contribution is 2.29. The minimum Gasteiger partial charge on any atom is -0.507 e. The first-order chi connectivity index (χ1) is 14.8. The summed E-state index contributed by atoms with van der Waals surface area (Å²) in [5.74, 6) is -1.85. The van der Waals surface area contributed by atoms with Gasteiger partial charge in [-0.05, 0) is 36.4 Å². The second-order valence-electron chi connectivity index (χ2n) is 6.88. The molecule has 1 fully saturated rings. The smallest absolute Gasteiger partial charge is 0.237 e. The number of Topliss-reactive ketones (excluding diaryl/α,β-unsaturated/α-hetero) is 2. The van der Waals surface area contributed by atoms with Crippen molar-refractivity contribution in [2.75, 3.05) is 13.7 Å². The standard InChI is InChI=1S/C21H22O10/c1-29-11-4-2-10(3-5-11)16(24)17(25)13-7-6-12(8-14(13)23)30-21-20(28)19(27)18(26)15(9-22)31-21/h2-8,15,18-23,26-28H,9H2,1H3/t15-,18-,19+,20-,21-/m1/s1. The normalized spacial score (nSPS) is 25.6. The molecule has 3 rings (SSSR count). The summed E-state index contributed by atoms with van der Waals surface area (Å²) in [6.45, 7) is -0.628. The van der Waals surface area contributed by atoms with Crippen molar-refractivity contribution in [1.82, 2.24) is 0 Å². The number of phenols is 1. The van der Waals surface area contributed by atoms with Gasteiger partial charge < -0.3 is 39.7 Å². The second kappa shape index (κ2) is 9.41. The molecule has 2 aromatic carbocycles. The Morgan fingerprint density at radius 3 is 2.16 bits per heavy atom. The van der Waals surface area contributed by atoms with Gasteiger partial charge in [0.1, 0.15) is 41.7 Å². The fourth-order valence-corrected chi connectivity index (χ4v) is 3.07. The van der Waals surface area contributed by atoms with Gasteiger partial charge in [-0.15, -0.1) is 0 Å². The van der Waals surface area contributed by atoms with Crippen LogP contribution >= 0.6 is 0 Å². The summed E-state index contributed by atoms with van der Waals surface area (Å²) < 4.78 is 15.6. The van der Waals surface area contributed by atoms with Crippen LogP contribution in [0.15, 0.2) is 42.5 Å². The van der Waals surface area contributed by atoms with Crippen LogP contribution in [0, 0.1) is 0 Å². The molecule has 0 aromatic heterocycles. The van der Waals surface area contributed by atoms with Crippen LogP contribution in [-0.2, 0) is 4.74 Å². The maximum Gasteiger partial charge on any atom is 0.237 e. The van der Waals surface area contributed by atoms with Crippen molar-refractivity contribution < 1.29 is 49.3 Å². The predicted molar refractivity (Wildman–Crippen MR) is 104 cm³/mol. The van der Waals surface area contributed by atoms with Gasteiger partial charge in [-0.1, -0.05) is 0 Å². The van der Waals surface area contributed by atoms with E-state index < -0.39 is 54.6 Å². The predicted octanol–water partition coefficient (Wildman–Crippen LogP) is -0.355. The lowest BCUT2D eigenvalue weighted by Gasteiger charge is -2.39. The molecule has 5 N–H and O–H groups in total. The lowest BCUT2D eigenvalue weighted by Crippen LogP contribution is -2.60. The molecule has 1 aliphatic rings. The van der Waals surface area contributed by atoms with Gasteiger partial charge in [0.25, 0.3) is 0 Å². The molecule has 10 nitrogen and oxygen atoms in total. The van der Waals surface area contributed by atoms with Crippen molar-refractivity contribution in [3.8, 4) is 17.2 Å². The molecule has 166 valence electrons. The first-order valence-corrected chi connectivity index (χ1v) is 9.30. The summed E-state index contributed by atoms with van der Waals surface area (Å²) in [5, 5.41) is 49.1. The molecule has 0 unspecified atom stereocenters. The van der Waals surface area contributed by atoms with Crippen molar-refractivity contribution in [3.05, 3.63) is 53.6 Å². The van der Waals surface area contributed by atoms with Crippen LogP contribution in [0.5, 0.6) is 17.2 Å². The van der Waals surface area contributed by atoms with Crippen molar-refractivity contribution >= 4 is 11.6 Å². The SMILES string of the molecule is COc1ccc(C(=O)C(=O)c2ccc(O[C@@H]3O[C@H](CO)[C@@H](O)[C@H](O)[C@H]3O)cc2O)cc1. The number of carbonyl (C=O) groups is 2. The fourth-order valence-electron chi connectivity index (χ4n) is 3.07. The van der Waals surface area contributed by atoms with Crippen LogP contribution in [0.4, 0.5) is 0 Å². The topological polar surface area (TPSA) is 163 Å². The molecule has 1 saturated heterocycles. The van der Waals surface area contributed by atoms with E-state index in [2.05, 4.69) is 0 Å². The molecule has 0 radical (unpaired) electrons. The van der Waals surface area contributed by atoms with Crippen LogP contribution in [0.3, 0.4) is 0 Å². The number of benzene rings is 2. The van der Waals surface area contributed by atoms with Crippen LogP contribution in [0.1, 0.15) is 20.7 Å². The molecule has 10 heteroatoms. The number of aliphatic hydroxyl groups is 4. The zero-order valence-electron chi connectivity index (χ0n) is 16.4. The average molecular weight is 434 g/mol. The largest absolute Gasteiger partial charge is 0.507 e. The Bertz CT molecular complexity index is 940. The quantitative estimate of drug-likeness (QED) is 0.287. The van der Waals surface area contributed by atoms with Gasteiger partial charge in [-0.25, -0.2) is 0 Å². The molecule has 1 heterocycles. The lowest BCUT2D eigenvalue weighted by molar-refractivity contribution is -0.277. The van der Waals surface area contributed by atoms with Gasteiger partial charge in [0, 0.05) is 11.6 Å². The van der Waals surface area contributed by atoms with Gasteiger partial charge >= 0.3 is 0 Å². The Labute approximate surface area is 176 Å². The molecule has 31 heavy (non-hydrogen) atoms. The molecule has 5 atom stereocenters. The molecule has 0 saturated carbocycles. The minimum atomic E-state index is -1.64. The third-order valence-electron chi connectivity index (χ3n) is 4.87. The van der Waals surface area contributed by atoms with Crippen molar-refractivity contribution in [2.45, 2.75) is 30.7 Å². The highest BCUT2D eigenvalue weighted by molar-refractivity contribution is 6.49. The second-order valence-corrected chi connectivity index (χ2v) is 6.88.